The molecule has 4 aliphatic carbocycles. The Morgan fingerprint density at radius 1 is 0.545 bits per heavy atom. The van der Waals surface area contributed by atoms with E-state index in [9.17, 15) is 86.4 Å². The summed E-state index contributed by atoms with van der Waals surface area (Å²) in [6, 6.07) is 14.7. The first-order valence-corrected chi connectivity index (χ1v) is 47.7. The summed E-state index contributed by atoms with van der Waals surface area (Å²) in [4.78, 5) is 80.7. The number of hydrogen-bond acceptors (Lipinski definition) is 34. The van der Waals surface area contributed by atoms with Crippen LogP contribution in [0.1, 0.15) is 151 Å². The molecule has 1 aromatic carbocycles. The molecule has 0 radical (unpaired) electrons. The molecular weight excluding hydrogens is 1890 g/mol. The number of pyridine rings is 1. The summed E-state index contributed by atoms with van der Waals surface area (Å²) < 4.78 is 163. The number of aromatic nitrogens is 13. The van der Waals surface area contributed by atoms with Crippen molar-refractivity contribution in [3.63, 3.8) is 0 Å². The molecule has 134 heavy (non-hydrogen) atoms. The van der Waals surface area contributed by atoms with Gasteiger partial charge < -0.3 is 54.7 Å². The number of halogens is 5. The van der Waals surface area contributed by atoms with Crippen LogP contribution < -0.4 is 36.5 Å². The third-order valence-electron chi connectivity index (χ3n) is 21.6. The molecule has 4 fully saturated rings. The minimum absolute atomic E-state index is 0.00686. The molecule has 51 heteroatoms. The summed E-state index contributed by atoms with van der Waals surface area (Å²) >= 11 is 12.1. The van der Waals surface area contributed by atoms with Crippen LogP contribution in [0.3, 0.4) is 0 Å². The van der Waals surface area contributed by atoms with Crippen molar-refractivity contribution in [1.29, 1.82) is 0 Å². The lowest BCUT2D eigenvalue weighted by Gasteiger charge is -2.18. The number of nitrogens with one attached hydrogen (secondary N) is 3. The Morgan fingerprint density at radius 2 is 1.07 bits per heavy atom. The van der Waals surface area contributed by atoms with Crippen molar-refractivity contribution in [2.75, 3.05) is 56.1 Å². The number of nitrogens with two attached hydrogens (primary N) is 4. The van der Waals surface area contributed by atoms with Crippen LogP contribution in [-0.2, 0) is 95.3 Å². The third-order valence-corrected chi connectivity index (χ3v) is 24.2. The lowest BCUT2D eigenvalue weighted by Crippen LogP contribution is -2.33. The van der Waals surface area contributed by atoms with Gasteiger partial charge in [0.1, 0.15) is 67.1 Å². The van der Waals surface area contributed by atoms with Crippen molar-refractivity contribution in [1.82, 2.24) is 63.6 Å². The fraction of sp³-hybridized carbons (Fsp3) is 0.410. The van der Waals surface area contributed by atoms with Gasteiger partial charge in [-0.1, -0.05) is 54.0 Å². The molecule has 0 bridgehead atoms. The summed E-state index contributed by atoms with van der Waals surface area (Å²) in [5.41, 5.74) is 4.29. The minimum Gasteiger partial charge on any atom is -0.458 e. The molecule has 9 heterocycles. The SMILES string of the molecule is CCC#CCn1ccc(C(=O)c2cncnc2C[C@@H]2C[C@H](COS(N)(=O)=O)[C@@H](O)C2)n1.COCC#CCn1ccc(C(=O)c2cncnc2N[C@@H]2C[C@H](COS(N)(=O)=O)[C@@H](O)[C@@H]2F)c1.NS(=O)(=O)OC[C@H]1C[C@@H](Nc2ccncc2C(=O)c2ccn(Cc3ccc(Cl)c(Cl)c3)c2)C[C@@H]1O.NS(=O)(=O)OC[C@H]1C[C@@H](Nc2ncncc2C(=O)c2ccn(Cc3ccc(C(F)F)o3)n2)C[C@@H]1O. The number of ether oxygens (including phenoxy) is 1. The van der Waals surface area contributed by atoms with E-state index in [0.717, 1.165) is 12.0 Å². The highest BCUT2D eigenvalue weighted by Crippen LogP contribution is 2.38. The molecular formula is C83H95Cl2F3N20O22S4. The number of hydrogen-bond donors (Lipinski definition) is 11. The average Bonchev–Trinajstić information content (AvgIpc) is 1.66. The highest BCUT2D eigenvalue weighted by molar-refractivity contribution is 7.85. The second-order valence-electron chi connectivity index (χ2n) is 31.4. The Kier molecular flexibility index (Phi) is 36.4. The Balaban J connectivity index is 0.000000172. The zero-order chi connectivity index (χ0) is 96.8. The van der Waals surface area contributed by atoms with E-state index >= 15 is 0 Å². The first kappa shape index (κ1) is 103. The number of carbonyl (C=O) groups is 4. The van der Waals surface area contributed by atoms with E-state index < -0.39 is 120 Å². The molecule has 15 N–H and O–H groups in total. The van der Waals surface area contributed by atoms with Crippen molar-refractivity contribution in [2.24, 2.45) is 50.1 Å². The Labute approximate surface area is 777 Å². The number of aliphatic hydroxyl groups is 4. The number of rotatable bonds is 36. The summed E-state index contributed by atoms with van der Waals surface area (Å²) in [6.07, 6.45) is 16.5. The van der Waals surface area contributed by atoms with Crippen molar-refractivity contribution in [2.45, 2.75) is 146 Å². The molecule has 9 aromatic heterocycles. The van der Waals surface area contributed by atoms with Crippen LogP contribution in [0.5, 0.6) is 0 Å². The van der Waals surface area contributed by atoms with E-state index in [1.807, 2.05) is 23.8 Å². The van der Waals surface area contributed by atoms with Crippen LogP contribution in [0, 0.1) is 53.3 Å². The molecule has 0 amide bonds. The third kappa shape index (κ3) is 30.6. The molecule has 0 saturated heterocycles. The molecule has 0 unspecified atom stereocenters. The van der Waals surface area contributed by atoms with E-state index in [0.29, 0.717) is 108 Å². The number of carbonyl (C=O) groups excluding carboxylic acids is 4. The van der Waals surface area contributed by atoms with E-state index in [1.165, 1.54) is 72.8 Å². The number of methoxy groups -OCH3 is 1. The smallest absolute Gasteiger partial charge is 0.333 e. The fourth-order valence-corrected chi connectivity index (χ4v) is 17.0. The van der Waals surface area contributed by atoms with Gasteiger partial charge in [-0.2, -0.15) is 43.9 Å². The Hall–Kier alpha value is -11.3. The molecule has 13 atom stereocenters. The molecule has 0 aliphatic heterocycles. The van der Waals surface area contributed by atoms with Gasteiger partial charge in [0.05, 0.1) is 108 Å². The maximum Gasteiger partial charge on any atom is 0.333 e. The van der Waals surface area contributed by atoms with Gasteiger partial charge in [-0.15, -0.1) is 5.92 Å². The van der Waals surface area contributed by atoms with E-state index in [4.69, 9.17) is 52.9 Å². The first-order valence-electron chi connectivity index (χ1n) is 41.1. The topological polar surface area (TPSA) is 621 Å². The van der Waals surface area contributed by atoms with Gasteiger partial charge >= 0.3 is 41.2 Å². The quantitative estimate of drug-likeness (QED) is 0.0185. The van der Waals surface area contributed by atoms with Gasteiger partial charge in [0.2, 0.25) is 11.6 Å². The van der Waals surface area contributed by atoms with E-state index in [1.54, 1.807) is 83.7 Å². The number of anilines is 3. The Bertz CT molecular complexity index is 6380. The van der Waals surface area contributed by atoms with Gasteiger partial charge in [0, 0.05) is 141 Å². The van der Waals surface area contributed by atoms with Gasteiger partial charge in [-0.05, 0) is 117 Å². The zero-order valence-electron chi connectivity index (χ0n) is 71.5. The molecule has 42 nitrogen and oxygen atoms in total. The number of benzene rings is 1. The van der Waals surface area contributed by atoms with Crippen LogP contribution in [-0.4, -0.2) is 230 Å². The standard InChI is InChI=1S/C23H24Cl2N4O5S.C20H22F2N6O6S.C20H24FN5O6S.C20H25N5O5S/c24-19-2-1-14(7-20(19)25)11-29-6-4-15(12-29)23(31)18-10-27-5-3-21(18)28-17-8-16(22(30)9-17)13-34-35(26,32)33;21-19(22)17-2-1-13(34-17)8-28-4-3-15(27-28)18(30)14-7-24-10-25-20(14)26-12-5-11(16(29)6-12)9-33-35(23,31)32;1-31-7-3-2-5-26-6-4-13(10-26)18(27)15-9-23-12-24-20(15)25-16-8-14(19(28)17(16)21)11-32-33(22,29)30;1-2-3-4-6-25-7-5-17(24-25)20(27)16-11-22-13-23-18(16)9-14-8-15(19(26)10-14)12-30-31(21,28)29/h1-7,10,12,16-17,22,30H,8-9,11,13H2,(H,27,28)(H2,26,32,33);1-4,7,10-12,16,19,29H,5-6,8-9H2,(H2,23,31,32)(H,24,25,26);4,6,9-10,12,14,16-17,19,28H,5,7-8,11H2,1H3,(H2,22,29,30)(H,23,24,25);5,7,11,13-15,19,26H,2,6,8-10,12H2,1H3,(H2,21,28,29)/t16-,17-,22+;11-,12-,16+;14-,16-,17-,19-;14-,15+,19-/m1110/s1. The highest BCUT2D eigenvalue weighted by Gasteiger charge is 2.45. The van der Waals surface area contributed by atoms with E-state index in [2.05, 4.69) is 101 Å². The van der Waals surface area contributed by atoms with Crippen molar-refractivity contribution in [3.05, 3.63) is 225 Å². The second kappa shape index (κ2) is 47.3. The predicted octanol–water partition coefficient (Wildman–Crippen LogP) is 4.84. The van der Waals surface area contributed by atoms with Crippen LogP contribution >= 0.6 is 23.2 Å². The van der Waals surface area contributed by atoms with Gasteiger partial charge in [-0.3, -0.25) is 50.3 Å². The second-order valence-corrected chi connectivity index (χ2v) is 37.1. The lowest BCUT2D eigenvalue weighted by atomic mass is 9.96. The normalized spacial score (nSPS) is 21.0. The van der Waals surface area contributed by atoms with E-state index in [-0.39, 0.29) is 120 Å². The van der Waals surface area contributed by atoms with Gasteiger partial charge in [0.15, 0.2) is 17.3 Å². The minimum atomic E-state index is -4.22. The largest absolute Gasteiger partial charge is 0.458 e. The first-order chi connectivity index (χ1) is 63.6. The van der Waals surface area contributed by atoms with Crippen LogP contribution in [0.2, 0.25) is 10.0 Å². The molecule has 4 saturated carbocycles. The number of nitrogens with zero attached hydrogens (tertiary/aromatic N) is 13. The number of ketones is 4. The maximum absolute atomic E-state index is 14.7. The van der Waals surface area contributed by atoms with Gasteiger partial charge in [0.25, 0.3) is 6.43 Å². The maximum atomic E-state index is 14.7. The van der Waals surface area contributed by atoms with Crippen LogP contribution in [0.4, 0.5) is 30.5 Å². The van der Waals surface area contributed by atoms with Gasteiger partial charge in [-0.25, -0.2) is 63.6 Å². The summed E-state index contributed by atoms with van der Waals surface area (Å²) in [5, 5.41) is 78.9. The summed E-state index contributed by atoms with van der Waals surface area (Å²) in [5.74, 6) is 8.37. The zero-order valence-corrected chi connectivity index (χ0v) is 76.2. The molecule has 4 aliphatic rings. The summed E-state index contributed by atoms with van der Waals surface area (Å²) in [7, 11) is -14.9. The lowest BCUT2D eigenvalue weighted by molar-refractivity contribution is 0.0501. The number of alkyl halides is 3. The molecule has 10 aromatic rings. The van der Waals surface area contributed by atoms with Crippen LogP contribution in [0.25, 0.3) is 0 Å². The van der Waals surface area contributed by atoms with Crippen molar-refractivity contribution in [3.8, 4) is 23.7 Å². The Morgan fingerprint density at radius 3 is 1.66 bits per heavy atom. The highest BCUT2D eigenvalue weighted by atomic mass is 35.5. The molecule has 718 valence electrons. The monoisotopic (exact) mass is 1980 g/mol. The van der Waals surface area contributed by atoms with Crippen molar-refractivity contribution < 1.29 is 112 Å². The number of furan rings is 1. The average molecular weight is 1980 g/mol. The molecule has 14 rings (SSSR count). The summed E-state index contributed by atoms with van der Waals surface area (Å²) in [6.45, 7) is 2.51. The van der Waals surface area contributed by atoms with Crippen LogP contribution in [0.15, 0.2) is 152 Å². The van der Waals surface area contributed by atoms with Crippen molar-refractivity contribution >= 4 is 105 Å². The predicted molar refractivity (Wildman–Crippen MR) is 474 cm³/mol. The fourth-order valence-electron chi connectivity index (χ4n) is 15.2. The molecule has 0 spiro atoms. The number of aliphatic hydroxyl groups excluding tert-OH is 4.